The minimum atomic E-state index is -0.335. The summed E-state index contributed by atoms with van der Waals surface area (Å²) in [5, 5.41) is 7.40. The minimum Gasteiger partial charge on any atom is -0.460 e. The van der Waals surface area contributed by atoms with Crippen molar-refractivity contribution in [3.8, 4) is 17.1 Å². The van der Waals surface area contributed by atoms with E-state index in [4.69, 9.17) is 4.42 Å². The van der Waals surface area contributed by atoms with E-state index in [0.29, 0.717) is 28.5 Å². The summed E-state index contributed by atoms with van der Waals surface area (Å²) >= 11 is 3.40. The van der Waals surface area contributed by atoms with Crippen LogP contribution in [0.5, 0.6) is 0 Å². The minimum absolute atomic E-state index is 0.118. The van der Waals surface area contributed by atoms with E-state index in [1.165, 1.54) is 4.90 Å². The number of likely N-dealkylation sites (N-methyl/N-ethyl adjacent to an activating group) is 1. The highest BCUT2D eigenvalue weighted by Crippen LogP contribution is 2.27. The van der Waals surface area contributed by atoms with Crippen LogP contribution in [0.25, 0.3) is 17.1 Å². The van der Waals surface area contributed by atoms with Crippen LogP contribution >= 0.6 is 15.9 Å². The van der Waals surface area contributed by atoms with Crippen LogP contribution in [-0.2, 0) is 4.79 Å². The van der Waals surface area contributed by atoms with Gasteiger partial charge in [0.2, 0.25) is 5.91 Å². The van der Waals surface area contributed by atoms with Crippen molar-refractivity contribution in [3.05, 3.63) is 88.7 Å². The number of amides is 2. The Balaban J connectivity index is 1.59. The summed E-state index contributed by atoms with van der Waals surface area (Å²) in [5.41, 5.74) is 2.22. The summed E-state index contributed by atoms with van der Waals surface area (Å²) < 4.78 is 8.13. The van der Waals surface area contributed by atoms with Gasteiger partial charge >= 0.3 is 0 Å². The molecule has 32 heavy (non-hydrogen) atoms. The van der Waals surface area contributed by atoms with E-state index in [0.717, 1.165) is 10.2 Å². The van der Waals surface area contributed by atoms with Crippen molar-refractivity contribution in [1.29, 1.82) is 0 Å². The Hall–Kier alpha value is -3.65. The van der Waals surface area contributed by atoms with Crippen LogP contribution in [0.15, 0.2) is 81.8 Å². The average molecular weight is 493 g/mol. The first-order valence-electron chi connectivity index (χ1n) is 9.94. The summed E-state index contributed by atoms with van der Waals surface area (Å²) in [4.78, 5) is 27.2. The van der Waals surface area contributed by atoms with Gasteiger partial charge in [0.25, 0.3) is 5.91 Å². The number of aryl methyl sites for hydroxylation is 1. The molecular formula is C24H21BrN4O3. The van der Waals surface area contributed by atoms with Gasteiger partial charge in [0.15, 0.2) is 5.76 Å². The van der Waals surface area contributed by atoms with Gasteiger partial charge in [-0.1, -0.05) is 30.3 Å². The third kappa shape index (κ3) is 4.65. The molecule has 1 N–H and O–H groups in total. The average Bonchev–Trinajstić information content (AvgIpc) is 3.42. The molecule has 0 aliphatic carbocycles. The molecule has 0 aliphatic heterocycles. The molecule has 0 aliphatic rings. The highest BCUT2D eigenvalue weighted by molar-refractivity contribution is 9.10. The first kappa shape index (κ1) is 21.6. The second-order valence-electron chi connectivity index (χ2n) is 7.27. The number of aromatic nitrogens is 2. The molecule has 0 radical (unpaired) electrons. The fourth-order valence-corrected chi connectivity index (χ4v) is 3.62. The molecule has 0 unspecified atom stereocenters. The lowest BCUT2D eigenvalue weighted by Crippen LogP contribution is -2.35. The molecule has 4 aromatic rings. The largest absolute Gasteiger partial charge is 0.460 e. The SMILES string of the molecule is Cc1ccc(-c2nn(-c3ccccc3)cc2C(=O)N(C)CC(=O)Nc2ccccc2Br)o1. The van der Waals surface area contributed by atoms with E-state index < -0.39 is 0 Å². The fourth-order valence-electron chi connectivity index (χ4n) is 3.23. The van der Waals surface area contributed by atoms with E-state index in [9.17, 15) is 9.59 Å². The summed E-state index contributed by atoms with van der Waals surface area (Å²) in [6, 6.07) is 20.4. The van der Waals surface area contributed by atoms with Crippen molar-refractivity contribution in [2.45, 2.75) is 6.92 Å². The smallest absolute Gasteiger partial charge is 0.258 e. The van der Waals surface area contributed by atoms with E-state index in [2.05, 4.69) is 26.3 Å². The molecule has 162 valence electrons. The molecule has 2 amide bonds. The first-order chi connectivity index (χ1) is 15.4. The van der Waals surface area contributed by atoms with Gasteiger partial charge in [-0.15, -0.1) is 0 Å². The van der Waals surface area contributed by atoms with Crippen molar-refractivity contribution < 1.29 is 14.0 Å². The van der Waals surface area contributed by atoms with Crippen molar-refractivity contribution in [2.24, 2.45) is 0 Å². The van der Waals surface area contributed by atoms with Gasteiger partial charge < -0.3 is 14.6 Å². The van der Waals surface area contributed by atoms with Gasteiger partial charge in [-0.05, 0) is 59.3 Å². The fraction of sp³-hybridized carbons (Fsp3) is 0.125. The molecule has 0 bridgehead atoms. The number of benzene rings is 2. The number of hydrogen-bond acceptors (Lipinski definition) is 4. The number of rotatable bonds is 6. The predicted molar refractivity (Wildman–Crippen MR) is 126 cm³/mol. The monoisotopic (exact) mass is 492 g/mol. The van der Waals surface area contributed by atoms with E-state index in [1.807, 2.05) is 61.5 Å². The second kappa shape index (κ2) is 9.23. The maximum Gasteiger partial charge on any atom is 0.258 e. The van der Waals surface area contributed by atoms with Gasteiger partial charge in [-0.25, -0.2) is 4.68 Å². The Labute approximate surface area is 193 Å². The molecule has 0 atom stereocenters. The molecule has 7 nitrogen and oxygen atoms in total. The summed E-state index contributed by atoms with van der Waals surface area (Å²) in [7, 11) is 1.58. The number of nitrogens with one attached hydrogen (secondary N) is 1. The highest BCUT2D eigenvalue weighted by atomic mass is 79.9. The Morgan fingerprint density at radius 2 is 1.78 bits per heavy atom. The van der Waals surface area contributed by atoms with Crippen molar-refractivity contribution in [1.82, 2.24) is 14.7 Å². The molecule has 2 heterocycles. The number of hydrogen-bond donors (Lipinski definition) is 1. The number of anilines is 1. The number of furan rings is 1. The van der Waals surface area contributed by atoms with Crippen LogP contribution in [0.2, 0.25) is 0 Å². The van der Waals surface area contributed by atoms with Crippen molar-refractivity contribution in [2.75, 3.05) is 18.9 Å². The lowest BCUT2D eigenvalue weighted by atomic mass is 10.2. The van der Waals surface area contributed by atoms with E-state index in [-0.39, 0.29) is 18.4 Å². The van der Waals surface area contributed by atoms with Crippen LogP contribution in [0.4, 0.5) is 5.69 Å². The van der Waals surface area contributed by atoms with Crippen LogP contribution in [0, 0.1) is 6.92 Å². The Morgan fingerprint density at radius 3 is 2.47 bits per heavy atom. The molecule has 4 rings (SSSR count). The lowest BCUT2D eigenvalue weighted by molar-refractivity contribution is -0.116. The molecule has 2 aromatic heterocycles. The zero-order valence-corrected chi connectivity index (χ0v) is 19.2. The summed E-state index contributed by atoms with van der Waals surface area (Å²) in [5.74, 6) is 0.567. The van der Waals surface area contributed by atoms with Gasteiger partial charge in [0, 0.05) is 17.7 Å². The van der Waals surface area contributed by atoms with Crippen LogP contribution in [0.1, 0.15) is 16.1 Å². The Bertz CT molecular complexity index is 1260. The van der Waals surface area contributed by atoms with Gasteiger partial charge in [-0.2, -0.15) is 5.10 Å². The normalized spacial score (nSPS) is 10.7. The maximum absolute atomic E-state index is 13.3. The highest BCUT2D eigenvalue weighted by Gasteiger charge is 2.24. The van der Waals surface area contributed by atoms with Crippen molar-refractivity contribution >= 4 is 33.4 Å². The molecule has 0 spiro atoms. The van der Waals surface area contributed by atoms with E-state index >= 15 is 0 Å². The lowest BCUT2D eigenvalue weighted by Gasteiger charge is -2.17. The summed E-state index contributed by atoms with van der Waals surface area (Å²) in [6.07, 6.45) is 1.66. The third-order valence-corrected chi connectivity index (χ3v) is 5.51. The Morgan fingerprint density at radius 1 is 1.06 bits per heavy atom. The van der Waals surface area contributed by atoms with E-state index in [1.54, 1.807) is 30.1 Å². The Kier molecular flexibility index (Phi) is 6.23. The van der Waals surface area contributed by atoms with Gasteiger partial charge in [0.1, 0.15) is 11.5 Å². The topological polar surface area (TPSA) is 80.4 Å². The molecule has 0 fully saturated rings. The molecule has 8 heteroatoms. The quantitative estimate of drug-likeness (QED) is 0.414. The molecule has 0 saturated carbocycles. The van der Waals surface area contributed by atoms with Crippen LogP contribution < -0.4 is 5.32 Å². The van der Waals surface area contributed by atoms with Crippen LogP contribution in [0.3, 0.4) is 0 Å². The zero-order chi connectivity index (χ0) is 22.7. The number of carbonyl (C=O) groups is 2. The number of halogens is 1. The molecular weight excluding hydrogens is 472 g/mol. The maximum atomic E-state index is 13.3. The summed E-state index contributed by atoms with van der Waals surface area (Å²) in [6.45, 7) is 1.71. The van der Waals surface area contributed by atoms with Gasteiger partial charge in [-0.3, -0.25) is 9.59 Å². The molecule has 2 aromatic carbocycles. The number of para-hydroxylation sites is 2. The number of nitrogens with zero attached hydrogens (tertiary/aromatic N) is 3. The number of carbonyl (C=O) groups excluding carboxylic acids is 2. The second-order valence-corrected chi connectivity index (χ2v) is 8.13. The van der Waals surface area contributed by atoms with Crippen LogP contribution in [-0.4, -0.2) is 40.1 Å². The predicted octanol–water partition coefficient (Wildman–Crippen LogP) is 4.91. The van der Waals surface area contributed by atoms with Gasteiger partial charge in [0.05, 0.1) is 23.5 Å². The molecule has 0 saturated heterocycles. The third-order valence-electron chi connectivity index (χ3n) is 4.81. The first-order valence-corrected chi connectivity index (χ1v) is 10.7. The zero-order valence-electron chi connectivity index (χ0n) is 17.6. The van der Waals surface area contributed by atoms with Crippen molar-refractivity contribution in [3.63, 3.8) is 0 Å². The standard InChI is InChI=1S/C24H21BrN4O3/c1-16-12-13-21(32-16)23-18(14-29(27-23)17-8-4-3-5-9-17)24(31)28(2)15-22(30)26-20-11-7-6-10-19(20)25/h3-14H,15H2,1-2H3,(H,26,30).